The number of pyridine rings is 1. The van der Waals surface area contributed by atoms with Crippen molar-refractivity contribution in [3.8, 4) is 0 Å². The van der Waals surface area contributed by atoms with Crippen LogP contribution in [-0.2, 0) is 13.0 Å². The van der Waals surface area contributed by atoms with E-state index in [4.69, 9.17) is 4.98 Å². The summed E-state index contributed by atoms with van der Waals surface area (Å²) in [4.78, 5) is 7.17. The minimum Gasteiger partial charge on any atom is -0.370 e. The highest BCUT2D eigenvalue weighted by atomic mass is 15.1. The van der Waals surface area contributed by atoms with Crippen molar-refractivity contribution in [1.82, 2.24) is 4.98 Å². The second-order valence-corrected chi connectivity index (χ2v) is 5.59. The van der Waals surface area contributed by atoms with Crippen LogP contribution in [0.4, 0.5) is 11.5 Å². The maximum Gasteiger partial charge on any atom is 0.126 e. The van der Waals surface area contributed by atoms with Gasteiger partial charge in [-0.05, 0) is 43.0 Å². The van der Waals surface area contributed by atoms with Gasteiger partial charge in [0.2, 0.25) is 0 Å². The Morgan fingerprint density at radius 3 is 2.95 bits per heavy atom. The van der Waals surface area contributed by atoms with E-state index in [9.17, 15) is 0 Å². The number of nitrogens with zero attached hydrogens (tertiary/aromatic N) is 2. The molecule has 0 spiro atoms. The molecule has 3 nitrogen and oxygen atoms in total. The van der Waals surface area contributed by atoms with Gasteiger partial charge in [-0.2, -0.15) is 0 Å². The van der Waals surface area contributed by atoms with Crippen LogP contribution in [0.25, 0.3) is 0 Å². The molecule has 0 bridgehead atoms. The van der Waals surface area contributed by atoms with E-state index >= 15 is 0 Å². The molecule has 0 unspecified atom stereocenters. The lowest BCUT2D eigenvalue weighted by Gasteiger charge is -2.31. The van der Waals surface area contributed by atoms with Crippen LogP contribution in [0.1, 0.15) is 31.0 Å². The molecular weight excluding hydrogens is 258 g/mol. The average Bonchev–Trinajstić information content (AvgIpc) is 2.54. The van der Waals surface area contributed by atoms with Crippen molar-refractivity contribution in [2.75, 3.05) is 23.3 Å². The van der Waals surface area contributed by atoms with Crippen molar-refractivity contribution in [3.05, 3.63) is 53.7 Å². The molecule has 3 rings (SSSR count). The van der Waals surface area contributed by atoms with Gasteiger partial charge in [-0.15, -0.1) is 0 Å². The summed E-state index contributed by atoms with van der Waals surface area (Å²) >= 11 is 0. The summed E-state index contributed by atoms with van der Waals surface area (Å²) in [7, 11) is 0. The third kappa shape index (κ3) is 3.35. The van der Waals surface area contributed by atoms with Gasteiger partial charge >= 0.3 is 0 Å². The number of aryl methyl sites for hydroxylation is 1. The van der Waals surface area contributed by atoms with Gasteiger partial charge in [0.25, 0.3) is 0 Å². The zero-order chi connectivity index (χ0) is 14.5. The zero-order valence-corrected chi connectivity index (χ0v) is 12.7. The maximum atomic E-state index is 4.72. The lowest BCUT2D eigenvalue weighted by Crippen LogP contribution is -2.29. The van der Waals surface area contributed by atoms with Crippen LogP contribution in [-0.4, -0.2) is 18.1 Å². The Labute approximate surface area is 127 Å². The number of nitrogens with one attached hydrogen (secondary N) is 1. The Balaban J connectivity index is 1.75. The number of aromatic nitrogens is 1. The van der Waals surface area contributed by atoms with Crippen molar-refractivity contribution in [2.24, 2.45) is 0 Å². The largest absolute Gasteiger partial charge is 0.370 e. The molecule has 1 N–H and O–H groups in total. The number of anilines is 2. The second kappa shape index (κ2) is 6.61. The van der Waals surface area contributed by atoms with Crippen LogP contribution in [0.2, 0.25) is 0 Å². The summed E-state index contributed by atoms with van der Waals surface area (Å²) in [6.07, 6.45) is 3.54. The van der Waals surface area contributed by atoms with E-state index in [1.54, 1.807) is 0 Å². The minimum absolute atomic E-state index is 0.888. The summed E-state index contributed by atoms with van der Waals surface area (Å²) in [6.45, 7) is 5.15. The molecule has 0 saturated heterocycles. The number of benzene rings is 1. The van der Waals surface area contributed by atoms with Crippen LogP contribution in [0.5, 0.6) is 0 Å². The first-order chi connectivity index (χ1) is 10.4. The summed E-state index contributed by atoms with van der Waals surface area (Å²) in [5.74, 6) is 0.986. The molecule has 1 aliphatic rings. The number of rotatable bonds is 5. The Morgan fingerprint density at radius 2 is 2.05 bits per heavy atom. The van der Waals surface area contributed by atoms with E-state index in [-0.39, 0.29) is 0 Å². The Bertz CT molecular complexity index is 595. The second-order valence-electron chi connectivity index (χ2n) is 5.59. The van der Waals surface area contributed by atoms with E-state index in [2.05, 4.69) is 53.5 Å². The monoisotopic (exact) mass is 281 g/mol. The predicted molar refractivity (Wildman–Crippen MR) is 88.8 cm³/mol. The van der Waals surface area contributed by atoms with E-state index < -0.39 is 0 Å². The Morgan fingerprint density at radius 1 is 1.14 bits per heavy atom. The molecular formula is C18H23N3. The van der Waals surface area contributed by atoms with Gasteiger partial charge in [-0.25, -0.2) is 4.98 Å². The first-order valence-electron chi connectivity index (χ1n) is 7.89. The van der Waals surface area contributed by atoms with Crippen LogP contribution < -0.4 is 10.2 Å². The smallest absolute Gasteiger partial charge is 0.126 e. The molecule has 21 heavy (non-hydrogen) atoms. The van der Waals surface area contributed by atoms with Crippen molar-refractivity contribution in [2.45, 2.75) is 32.7 Å². The Kier molecular flexibility index (Phi) is 4.39. The molecule has 0 amide bonds. The molecule has 1 aromatic heterocycles. The van der Waals surface area contributed by atoms with Crippen molar-refractivity contribution < 1.29 is 0 Å². The molecule has 110 valence electrons. The molecule has 1 aromatic carbocycles. The molecule has 0 aliphatic carbocycles. The maximum absolute atomic E-state index is 4.72. The number of fused-ring (bicyclic) bond motifs is 1. The summed E-state index contributed by atoms with van der Waals surface area (Å²) < 4.78 is 0. The van der Waals surface area contributed by atoms with Crippen LogP contribution in [0.3, 0.4) is 0 Å². The van der Waals surface area contributed by atoms with Crippen LogP contribution in [0.15, 0.2) is 42.5 Å². The molecule has 0 saturated carbocycles. The highest BCUT2D eigenvalue weighted by molar-refractivity contribution is 5.55. The van der Waals surface area contributed by atoms with E-state index in [0.717, 1.165) is 37.6 Å². The molecule has 2 aromatic rings. The lowest BCUT2D eigenvalue weighted by atomic mass is 10.0. The first-order valence-corrected chi connectivity index (χ1v) is 7.89. The fraction of sp³-hybridized carbons (Fsp3) is 0.389. The fourth-order valence-corrected chi connectivity index (χ4v) is 2.89. The van der Waals surface area contributed by atoms with Crippen molar-refractivity contribution in [3.63, 3.8) is 0 Å². The molecule has 3 heteroatoms. The number of hydrogen-bond acceptors (Lipinski definition) is 3. The van der Waals surface area contributed by atoms with Gasteiger partial charge in [-0.3, -0.25) is 0 Å². The third-order valence-electron chi connectivity index (χ3n) is 3.92. The third-order valence-corrected chi connectivity index (χ3v) is 3.92. The summed E-state index contributed by atoms with van der Waals surface area (Å²) in [5.41, 5.74) is 3.97. The number of para-hydroxylation sites is 1. The standard InChI is InChI=1S/C18H23N3/c1-2-12-19-18-11-5-9-16(20-18)14-21-13-6-8-15-7-3-4-10-17(15)21/h3-5,7,9-11H,2,6,8,12-14H2,1H3,(H,19,20). The van der Waals surface area contributed by atoms with Gasteiger partial charge in [-0.1, -0.05) is 31.2 Å². The van der Waals surface area contributed by atoms with Gasteiger partial charge in [0.05, 0.1) is 12.2 Å². The molecule has 0 radical (unpaired) electrons. The molecule has 1 aliphatic heterocycles. The summed E-state index contributed by atoms with van der Waals surface area (Å²) in [6, 6.07) is 15.0. The molecule has 2 heterocycles. The summed E-state index contributed by atoms with van der Waals surface area (Å²) in [5, 5.41) is 3.36. The topological polar surface area (TPSA) is 28.2 Å². The van der Waals surface area contributed by atoms with Gasteiger partial charge in [0.15, 0.2) is 0 Å². The van der Waals surface area contributed by atoms with Gasteiger partial charge in [0.1, 0.15) is 5.82 Å². The van der Waals surface area contributed by atoms with E-state index in [0.29, 0.717) is 0 Å². The fourth-order valence-electron chi connectivity index (χ4n) is 2.89. The average molecular weight is 281 g/mol. The minimum atomic E-state index is 0.888. The highest BCUT2D eigenvalue weighted by Crippen LogP contribution is 2.27. The lowest BCUT2D eigenvalue weighted by molar-refractivity contribution is 0.684. The quantitative estimate of drug-likeness (QED) is 0.902. The molecule has 0 atom stereocenters. The predicted octanol–water partition coefficient (Wildman–Crippen LogP) is 3.86. The normalized spacial score (nSPS) is 13.9. The number of hydrogen-bond donors (Lipinski definition) is 1. The highest BCUT2D eigenvalue weighted by Gasteiger charge is 2.16. The van der Waals surface area contributed by atoms with Gasteiger partial charge < -0.3 is 10.2 Å². The van der Waals surface area contributed by atoms with Crippen LogP contribution >= 0.6 is 0 Å². The van der Waals surface area contributed by atoms with Crippen LogP contribution in [0, 0.1) is 0 Å². The van der Waals surface area contributed by atoms with Crippen molar-refractivity contribution >= 4 is 11.5 Å². The Hall–Kier alpha value is -2.03. The zero-order valence-electron chi connectivity index (χ0n) is 12.7. The first kappa shape index (κ1) is 13.9. The van der Waals surface area contributed by atoms with E-state index in [1.807, 2.05) is 6.07 Å². The SMILES string of the molecule is CCCNc1cccc(CN2CCCc3ccccc32)n1. The van der Waals surface area contributed by atoms with Crippen molar-refractivity contribution in [1.29, 1.82) is 0 Å². The van der Waals surface area contributed by atoms with E-state index in [1.165, 1.54) is 24.1 Å². The molecule has 0 fully saturated rings. The van der Waals surface area contributed by atoms with Gasteiger partial charge in [0, 0.05) is 18.8 Å².